The van der Waals surface area contributed by atoms with Crippen LogP contribution in [0.2, 0.25) is 0 Å². The number of rotatable bonds is 5. The predicted octanol–water partition coefficient (Wildman–Crippen LogP) is 2.78. The van der Waals surface area contributed by atoms with E-state index in [1.807, 2.05) is 6.92 Å². The van der Waals surface area contributed by atoms with E-state index in [1.54, 1.807) is 0 Å². The van der Waals surface area contributed by atoms with Gasteiger partial charge in [0.2, 0.25) is 0 Å². The van der Waals surface area contributed by atoms with Crippen molar-refractivity contribution in [3.63, 3.8) is 0 Å². The molecule has 4 nitrogen and oxygen atoms in total. The minimum Gasteiger partial charge on any atom is -0.465 e. The van der Waals surface area contributed by atoms with Crippen molar-refractivity contribution in [2.24, 2.45) is 0 Å². The van der Waals surface area contributed by atoms with Crippen molar-refractivity contribution in [2.45, 2.75) is 58.9 Å². The quantitative estimate of drug-likeness (QED) is 0.891. The fraction of sp³-hybridized carbons (Fsp3) is 0.733. The van der Waals surface area contributed by atoms with E-state index in [1.165, 1.54) is 0 Å². The Morgan fingerprint density at radius 1 is 1.42 bits per heavy atom. The van der Waals surface area contributed by atoms with Crippen LogP contribution in [0.25, 0.3) is 0 Å². The lowest BCUT2D eigenvalue weighted by Gasteiger charge is -2.19. The molecular weight excluding hydrogens is 242 g/mol. The van der Waals surface area contributed by atoms with Crippen LogP contribution in [0.3, 0.4) is 0 Å². The van der Waals surface area contributed by atoms with Crippen molar-refractivity contribution in [1.29, 1.82) is 0 Å². The minimum absolute atomic E-state index is 0.0958. The molecular formula is C15H25NO3. The second-order valence-electron chi connectivity index (χ2n) is 6.19. The second kappa shape index (κ2) is 6.07. The van der Waals surface area contributed by atoms with Gasteiger partial charge in [-0.05, 0) is 40.2 Å². The molecule has 0 radical (unpaired) electrons. The van der Waals surface area contributed by atoms with Crippen molar-refractivity contribution in [1.82, 2.24) is 5.32 Å². The Kier molecular flexibility index (Phi) is 4.66. The number of ether oxygens (including phenoxy) is 2. The zero-order valence-electron chi connectivity index (χ0n) is 12.4. The lowest BCUT2D eigenvalue weighted by Crippen LogP contribution is -2.34. The van der Waals surface area contributed by atoms with Crippen molar-refractivity contribution < 1.29 is 13.9 Å². The Labute approximate surface area is 115 Å². The molecule has 4 heteroatoms. The highest BCUT2D eigenvalue weighted by molar-refractivity contribution is 5.20. The second-order valence-corrected chi connectivity index (χ2v) is 6.19. The predicted molar refractivity (Wildman–Crippen MR) is 74.1 cm³/mol. The number of nitrogens with one attached hydrogen (secondary N) is 1. The van der Waals surface area contributed by atoms with Gasteiger partial charge in [0.15, 0.2) is 0 Å². The van der Waals surface area contributed by atoms with Crippen molar-refractivity contribution in [3.8, 4) is 0 Å². The zero-order valence-corrected chi connectivity index (χ0v) is 12.4. The molecule has 1 unspecified atom stereocenters. The van der Waals surface area contributed by atoms with Crippen molar-refractivity contribution in [3.05, 3.63) is 23.2 Å². The van der Waals surface area contributed by atoms with Crippen molar-refractivity contribution >= 4 is 0 Å². The Hall–Kier alpha value is -0.840. The molecule has 1 aliphatic rings. The summed E-state index contributed by atoms with van der Waals surface area (Å²) in [5.41, 5.74) is 1.23. The van der Waals surface area contributed by atoms with Gasteiger partial charge in [0.05, 0.1) is 25.9 Å². The number of aryl methyl sites for hydroxylation is 1. The third-order valence-corrected chi connectivity index (χ3v) is 3.23. The van der Waals surface area contributed by atoms with Gasteiger partial charge >= 0.3 is 0 Å². The zero-order chi connectivity index (χ0) is 13.9. The van der Waals surface area contributed by atoms with E-state index in [9.17, 15) is 0 Å². The van der Waals surface area contributed by atoms with E-state index in [0.29, 0.717) is 6.61 Å². The molecule has 1 saturated heterocycles. The van der Waals surface area contributed by atoms with Gasteiger partial charge in [-0.3, -0.25) is 0 Å². The summed E-state index contributed by atoms with van der Waals surface area (Å²) in [5, 5.41) is 3.42. The van der Waals surface area contributed by atoms with Crippen LogP contribution in [0.4, 0.5) is 0 Å². The highest BCUT2D eigenvalue weighted by Gasteiger charge is 2.17. The fourth-order valence-corrected chi connectivity index (χ4v) is 2.02. The van der Waals surface area contributed by atoms with Gasteiger partial charge in [-0.1, -0.05) is 0 Å². The first-order valence-corrected chi connectivity index (χ1v) is 6.96. The first-order valence-electron chi connectivity index (χ1n) is 6.96. The van der Waals surface area contributed by atoms with Crippen LogP contribution in [0.1, 0.15) is 44.3 Å². The molecule has 1 fully saturated rings. The van der Waals surface area contributed by atoms with E-state index in [2.05, 4.69) is 32.2 Å². The van der Waals surface area contributed by atoms with Crippen molar-refractivity contribution in [2.75, 3.05) is 13.2 Å². The van der Waals surface area contributed by atoms with Gasteiger partial charge < -0.3 is 19.2 Å². The maximum atomic E-state index is 5.82. The number of furan rings is 1. The third-order valence-electron chi connectivity index (χ3n) is 3.23. The van der Waals surface area contributed by atoms with Crippen LogP contribution in [-0.4, -0.2) is 24.9 Å². The molecule has 0 bridgehead atoms. The third kappa shape index (κ3) is 4.64. The topological polar surface area (TPSA) is 43.6 Å². The maximum absolute atomic E-state index is 5.82. The van der Waals surface area contributed by atoms with Gasteiger partial charge in [-0.25, -0.2) is 0 Å². The molecule has 1 aromatic heterocycles. The number of hydrogen-bond donors (Lipinski definition) is 1. The smallest absolute Gasteiger partial charge is 0.118 e. The lowest BCUT2D eigenvalue weighted by atomic mass is 10.1. The standard InChI is InChI=1S/C15H25NO3/c1-11-12(9-18-13-5-6-17-10-13)7-14(19-11)8-16-15(2,3)4/h7,13,16H,5-6,8-10H2,1-4H3. The van der Waals surface area contributed by atoms with Crippen LogP contribution in [0, 0.1) is 6.92 Å². The van der Waals surface area contributed by atoms with Crippen LogP contribution in [-0.2, 0) is 22.6 Å². The van der Waals surface area contributed by atoms with E-state index in [0.717, 1.165) is 43.3 Å². The van der Waals surface area contributed by atoms with Crippen LogP contribution in [0.15, 0.2) is 10.5 Å². The largest absolute Gasteiger partial charge is 0.465 e. The van der Waals surface area contributed by atoms with E-state index in [4.69, 9.17) is 13.9 Å². The van der Waals surface area contributed by atoms with E-state index < -0.39 is 0 Å². The van der Waals surface area contributed by atoms with E-state index in [-0.39, 0.29) is 11.6 Å². The molecule has 2 rings (SSSR count). The summed E-state index contributed by atoms with van der Waals surface area (Å²) >= 11 is 0. The fourth-order valence-electron chi connectivity index (χ4n) is 2.02. The summed E-state index contributed by atoms with van der Waals surface area (Å²) in [6, 6.07) is 2.09. The summed E-state index contributed by atoms with van der Waals surface area (Å²) in [6.45, 7) is 11.3. The van der Waals surface area contributed by atoms with E-state index >= 15 is 0 Å². The molecule has 1 aromatic rings. The molecule has 2 heterocycles. The summed E-state index contributed by atoms with van der Waals surface area (Å²) in [5.74, 6) is 1.92. The SMILES string of the molecule is Cc1oc(CNC(C)(C)C)cc1COC1CCOC1. The van der Waals surface area contributed by atoms with Gasteiger partial charge in [0.1, 0.15) is 11.5 Å². The Morgan fingerprint density at radius 2 is 2.21 bits per heavy atom. The first kappa shape index (κ1) is 14.6. The average Bonchev–Trinajstić information content (AvgIpc) is 2.92. The molecule has 0 aliphatic carbocycles. The highest BCUT2D eigenvalue weighted by atomic mass is 16.5. The van der Waals surface area contributed by atoms with Crippen LogP contribution >= 0.6 is 0 Å². The highest BCUT2D eigenvalue weighted by Crippen LogP contribution is 2.18. The van der Waals surface area contributed by atoms with Gasteiger partial charge in [0.25, 0.3) is 0 Å². The Bertz CT molecular complexity index is 400. The van der Waals surface area contributed by atoms with Gasteiger partial charge in [-0.2, -0.15) is 0 Å². The molecule has 0 saturated carbocycles. The molecule has 0 spiro atoms. The monoisotopic (exact) mass is 267 g/mol. The molecule has 0 amide bonds. The van der Waals surface area contributed by atoms with Gasteiger partial charge in [0, 0.05) is 17.7 Å². The van der Waals surface area contributed by atoms with Crippen LogP contribution in [0.5, 0.6) is 0 Å². The minimum atomic E-state index is 0.0958. The first-order chi connectivity index (χ1) is 8.94. The number of hydrogen-bond acceptors (Lipinski definition) is 4. The summed E-state index contributed by atoms with van der Waals surface area (Å²) in [6.07, 6.45) is 1.24. The molecule has 1 atom stereocenters. The van der Waals surface area contributed by atoms with Crippen LogP contribution < -0.4 is 5.32 Å². The molecule has 1 N–H and O–H groups in total. The summed E-state index contributed by atoms with van der Waals surface area (Å²) < 4.78 is 16.9. The molecule has 19 heavy (non-hydrogen) atoms. The Morgan fingerprint density at radius 3 is 2.84 bits per heavy atom. The summed E-state index contributed by atoms with van der Waals surface area (Å²) in [4.78, 5) is 0. The normalized spacial score (nSPS) is 20.1. The Balaban J connectivity index is 1.85. The van der Waals surface area contributed by atoms with Gasteiger partial charge in [-0.15, -0.1) is 0 Å². The molecule has 0 aromatic carbocycles. The molecule has 1 aliphatic heterocycles. The summed E-state index contributed by atoms with van der Waals surface area (Å²) in [7, 11) is 0. The average molecular weight is 267 g/mol. The molecule has 108 valence electrons. The maximum Gasteiger partial charge on any atom is 0.118 e. The lowest BCUT2D eigenvalue weighted by molar-refractivity contribution is 0.0312.